The Morgan fingerprint density at radius 3 is 1.62 bits per heavy atom. The van der Waals surface area contributed by atoms with E-state index >= 15 is 4.39 Å². The molecule has 0 spiro atoms. The fourth-order valence-corrected chi connectivity index (χ4v) is 5.52. The van der Waals surface area contributed by atoms with E-state index in [9.17, 15) is 28.8 Å². The van der Waals surface area contributed by atoms with Crippen molar-refractivity contribution in [3.05, 3.63) is 72.1 Å². The van der Waals surface area contributed by atoms with Crippen molar-refractivity contribution in [1.29, 1.82) is 0 Å². The van der Waals surface area contributed by atoms with Gasteiger partial charge in [-0.2, -0.15) is 0 Å². The molecule has 0 heterocycles. The minimum atomic E-state index is -1.68. The summed E-state index contributed by atoms with van der Waals surface area (Å²) in [4.78, 5) is 75.1. The molecule has 61 heavy (non-hydrogen) atoms. The number of rotatable bonds is 32. The lowest BCUT2D eigenvalue weighted by molar-refractivity contribution is -0.169. The van der Waals surface area contributed by atoms with Crippen molar-refractivity contribution in [2.75, 3.05) is 67.1 Å². The van der Waals surface area contributed by atoms with Crippen molar-refractivity contribution >= 4 is 35.4 Å². The number of Topliss-reactive ketones (excluding diaryl/α,β-unsaturated/α-hetero) is 2. The molecule has 0 amide bonds. The van der Waals surface area contributed by atoms with Gasteiger partial charge in [0.25, 0.3) is 0 Å². The maximum atomic E-state index is 15.3. The number of ketones is 2. The highest BCUT2D eigenvalue weighted by Crippen LogP contribution is 2.32. The van der Waals surface area contributed by atoms with Crippen LogP contribution in [0.4, 0.5) is 4.39 Å². The zero-order chi connectivity index (χ0) is 45.2. The quantitative estimate of drug-likeness (QED) is 0.0240. The SMILES string of the molecule is C=C(C)C(=O)OCCCc1cc(-c2ccc(OCCCCCCCC)c(F)c2)ccc1OCC(COC(=O)C(=C)C)(COC(=O)C(=O)CCOC)COC(=O)C(=O)CCOC. The lowest BCUT2D eigenvalue weighted by Gasteiger charge is -2.32. The fourth-order valence-electron chi connectivity index (χ4n) is 5.52. The van der Waals surface area contributed by atoms with E-state index < -0.39 is 73.1 Å². The number of benzene rings is 2. The first-order chi connectivity index (χ1) is 29.2. The smallest absolute Gasteiger partial charge is 0.374 e. The zero-order valence-electron chi connectivity index (χ0n) is 36.2. The van der Waals surface area contributed by atoms with Crippen LogP contribution in [0.2, 0.25) is 0 Å². The molecule has 0 saturated carbocycles. The summed E-state index contributed by atoms with van der Waals surface area (Å²) in [5.74, 6) is -5.75. The highest BCUT2D eigenvalue weighted by molar-refractivity contribution is 6.34. The number of methoxy groups -OCH3 is 2. The van der Waals surface area contributed by atoms with Gasteiger partial charge in [-0.05, 0) is 74.1 Å². The van der Waals surface area contributed by atoms with Gasteiger partial charge >= 0.3 is 23.9 Å². The zero-order valence-corrected chi connectivity index (χ0v) is 36.2. The minimum absolute atomic E-state index is 0.0346. The van der Waals surface area contributed by atoms with E-state index in [4.69, 9.17) is 37.9 Å². The van der Waals surface area contributed by atoms with E-state index in [1.54, 1.807) is 30.3 Å². The minimum Gasteiger partial charge on any atom is -0.492 e. The van der Waals surface area contributed by atoms with E-state index in [-0.39, 0.29) is 61.7 Å². The molecule has 0 aliphatic rings. The normalized spacial score (nSPS) is 11.0. The third kappa shape index (κ3) is 19.2. The molecule has 0 radical (unpaired) electrons. The van der Waals surface area contributed by atoms with Gasteiger partial charge in [0, 0.05) is 38.2 Å². The number of carbonyl (C=O) groups excluding carboxylic acids is 6. The summed E-state index contributed by atoms with van der Waals surface area (Å²) in [7, 11) is 2.71. The largest absolute Gasteiger partial charge is 0.492 e. The van der Waals surface area contributed by atoms with E-state index in [0.29, 0.717) is 29.7 Å². The molecular formula is C46H61FO14. The van der Waals surface area contributed by atoms with Crippen LogP contribution in [0.1, 0.15) is 84.1 Å². The Morgan fingerprint density at radius 2 is 1.08 bits per heavy atom. The predicted octanol–water partition coefficient (Wildman–Crippen LogP) is 7.07. The summed E-state index contributed by atoms with van der Waals surface area (Å²) in [6, 6.07) is 9.77. The van der Waals surface area contributed by atoms with Gasteiger partial charge in [-0.3, -0.25) is 9.59 Å². The maximum Gasteiger partial charge on any atom is 0.374 e. The Bertz CT molecular complexity index is 1770. The molecule has 15 heteroatoms. The molecule has 0 fully saturated rings. The Labute approximate surface area is 358 Å². The Balaban J connectivity index is 2.50. The number of esters is 4. The number of ether oxygens (including phenoxy) is 8. The van der Waals surface area contributed by atoms with E-state index in [1.807, 2.05) is 0 Å². The summed E-state index contributed by atoms with van der Waals surface area (Å²) in [6.45, 7) is 10.3. The molecule has 0 atom stereocenters. The van der Waals surface area contributed by atoms with Crippen LogP contribution in [0.3, 0.4) is 0 Å². The van der Waals surface area contributed by atoms with E-state index in [1.165, 1.54) is 40.6 Å². The van der Waals surface area contributed by atoms with Crippen LogP contribution in [0, 0.1) is 11.2 Å². The van der Waals surface area contributed by atoms with Crippen LogP contribution >= 0.6 is 0 Å². The van der Waals surface area contributed by atoms with E-state index in [0.717, 1.165) is 32.1 Å². The van der Waals surface area contributed by atoms with Gasteiger partial charge in [0.2, 0.25) is 11.6 Å². The maximum absolute atomic E-state index is 15.3. The Hall–Kier alpha value is -5.41. The van der Waals surface area contributed by atoms with Crippen LogP contribution in [0.25, 0.3) is 11.1 Å². The summed E-state index contributed by atoms with van der Waals surface area (Å²) in [5.41, 5.74) is 0.337. The van der Waals surface area contributed by atoms with Crippen molar-refractivity contribution in [2.45, 2.75) is 85.0 Å². The number of halogens is 1. The molecule has 0 N–H and O–H groups in total. The third-order valence-corrected chi connectivity index (χ3v) is 9.19. The van der Waals surface area contributed by atoms with Gasteiger partial charge in [0.15, 0.2) is 11.6 Å². The van der Waals surface area contributed by atoms with Crippen LogP contribution < -0.4 is 9.47 Å². The van der Waals surface area contributed by atoms with Crippen molar-refractivity contribution in [3.8, 4) is 22.6 Å². The molecule has 0 bridgehead atoms. The first-order valence-electron chi connectivity index (χ1n) is 20.4. The first-order valence-corrected chi connectivity index (χ1v) is 20.4. The van der Waals surface area contributed by atoms with E-state index in [2.05, 4.69) is 20.1 Å². The van der Waals surface area contributed by atoms with Gasteiger partial charge < -0.3 is 37.9 Å². The number of carbonyl (C=O) groups is 6. The number of hydrogen-bond donors (Lipinski definition) is 0. The highest BCUT2D eigenvalue weighted by Gasteiger charge is 2.39. The fraction of sp³-hybridized carbons (Fsp3) is 0.522. The monoisotopic (exact) mass is 856 g/mol. The van der Waals surface area contributed by atoms with Crippen molar-refractivity contribution in [1.82, 2.24) is 0 Å². The molecule has 336 valence electrons. The topological polar surface area (TPSA) is 176 Å². The van der Waals surface area contributed by atoms with Gasteiger partial charge in [-0.1, -0.05) is 64.3 Å². The summed E-state index contributed by atoms with van der Waals surface area (Å²) in [6.07, 6.45) is 6.51. The predicted molar refractivity (Wildman–Crippen MR) is 223 cm³/mol. The van der Waals surface area contributed by atoms with Gasteiger partial charge in [0.05, 0.1) is 26.4 Å². The second kappa shape index (κ2) is 28.2. The lowest BCUT2D eigenvalue weighted by atomic mass is 9.91. The molecule has 0 saturated heterocycles. The van der Waals surface area contributed by atoms with Crippen LogP contribution in [-0.2, 0) is 63.6 Å². The molecule has 0 aromatic heterocycles. The number of aryl methyl sites for hydroxylation is 1. The molecule has 2 rings (SSSR count). The van der Waals surface area contributed by atoms with Gasteiger partial charge in [0.1, 0.15) is 37.6 Å². The first kappa shape index (κ1) is 51.7. The molecule has 0 unspecified atom stereocenters. The molecule has 2 aromatic rings. The molecule has 2 aromatic carbocycles. The van der Waals surface area contributed by atoms with Gasteiger partial charge in [-0.15, -0.1) is 0 Å². The van der Waals surface area contributed by atoms with Crippen LogP contribution in [-0.4, -0.2) is 103 Å². The van der Waals surface area contributed by atoms with Crippen molar-refractivity contribution < 1.29 is 71.1 Å². The number of unbranched alkanes of at least 4 members (excludes halogenated alkanes) is 5. The summed E-state index contributed by atoms with van der Waals surface area (Å²) < 4.78 is 58.6. The Kier molecular flexibility index (Phi) is 23.9. The van der Waals surface area contributed by atoms with Crippen LogP contribution in [0.5, 0.6) is 11.5 Å². The van der Waals surface area contributed by atoms with Gasteiger partial charge in [-0.25, -0.2) is 23.6 Å². The highest BCUT2D eigenvalue weighted by atomic mass is 19.1. The average Bonchev–Trinajstić information content (AvgIpc) is 3.25. The molecular weight excluding hydrogens is 795 g/mol. The lowest BCUT2D eigenvalue weighted by Crippen LogP contribution is -2.45. The summed E-state index contributed by atoms with van der Waals surface area (Å²) in [5, 5.41) is 0. The second-order valence-corrected chi connectivity index (χ2v) is 14.7. The van der Waals surface area contributed by atoms with Crippen LogP contribution in [0.15, 0.2) is 60.7 Å². The Morgan fingerprint density at radius 1 is 0.574 bits per heavy atom. The van der Waals surface area contributed by atoms with Crippen molar-refractivity contribution in [2.24, 2.45) is 5.41 Å². The molecule has 14 nitrogen and oxygen atoms in total. The molecule has 0 aliphatic heterocycles. The standard InChI is InChI=1S/C46H61FO14/c1-8-9-10-11-12-13-22-56-41-19-17-35(27-37(41)47)34-16-18-40(36(26-34)15-14-23-57-42(50)32(2)3)58-28-46(29-59-43(51)33(4)5,30-60-44(52)38(48)20-24-54-6)31-61-45(53)39(49)21-25-55-7/h16-19,26-27H,2,4,8-15,20-25,28-31H2,1,3,5-7H3. The summed E-state index contributed by atoms with van der Waals surface area (Å²) >= 11 is 0. The second-order valence-electron chi connectivity index (χ2n) is 14.7. The van der Waals surface area contributed by atoms with Crippen molar-refractivity contribution in [3.63, 3.8) is 0 Å². The molecule has 0 aliphatic carbocycles. The third-order valence-electron chi connectivity index (χ3n) is 9.19. The number of hydrogen-bond acceptors (Lipinski definition) is 14. The average molecular weight is 857 g/mol.